The summed E-state index contributed by atoms with van der Waals surface area (Å²) >= 11 is 0. The van der Waals surface area contributed by atoms with Gasteiger partial charge in [-0.25, -0.2) is 0 Å². The van der Waals surface area contributed by atoms with Crippen molar-refractivity contribution in [2.45, 2.75) is 0 Å². The fourth-order valence-electron chi connectivity index (χ4n) is 9.75. The van der Waals surface area contributed by atoms with E-state index in [1.807, 2.05) is 12.1 Å². The summed E-state index contributed by atoms with van der Waals surface area (Å²) in [6.07, 6.45) is 0. The molecule has 12 aromatic rings. The summed E-state index contributed by atoms with van der Waals surface area (Å²) in [4.78, 5) is 2.29. The number of hydrogen-bond donors (Lipinski definition) is 0. The predicted octanol–water partition coefficient (Wildman–Crippen LogP) is 14.6. The number of ether oxygens (including phenoxy) is 1. The third-order valence-electron chi connectivity index (χ3n) is 12.2. The van der Waals surface area contributed by atoms with Crippen LogP contribution in [0.25, 0.3) is 82.5 Å². The summed E-state index contributed by atoms with van der Waals surface area (Å²) in [5.41, 5.74) is 13.5. The van der Waals surface area contributed by atoms with Crippen molar-refractivity contribution in [3.05, 3.63) is 206 Å². The number of nitrogens with zero attached hydrogens (tertiary/aromatic N) is 4. The highest BCUT2D eigenvalue weighted by atomic mass is 16.5. The Balaban J connectivity index is 1.07. The highest BCUT2D eigenvalue weighted by Gasteiger charge is 2.27. The second-order valence-corrected chi connectivity index (χ2v) is 15.3. The third kappa shape index (κ3) is 4.55. The molecule has 0 unspecified atom stereocenters. The number of benzene rings is 9. The molecule has 0 fully saturated rings. The molecule has 9 aromatic carbocycles. The van der Waals surface area contributed by atoms with E-state index in [1.165, 1.54) is 54.4 Å². The normalized spacial score (nSPS) is 12.5. The van der Waals surface area contributed by atoms with E-state index in [0.717, 1.165) is 56.7 Å². The fourth-order valence-corrected chi connectivity index (χ4v) is 9.75. The van der Waals surface area contributed by atoms with Crippen LogP contribution in [0, 0.1) is 0 Å². The van der Waals surface area contributed by atoms with Crippen LogP contribution in [0.1, 0.15) is 0 Å². The van der Waals surface area contributed by atoms with Crippen molar-refractivity contribution >= 4 is 82.5 Å². The highest BCUT2D eigenvalue weighted by molar-refractivity contribution is 6.26. The third-order valence-corrected chi connectivity index (χ3v) is 12.2. The summed E-state index contributed by atoms with van der Waals surface area (Å²) in [6.45, 7) is 0. The van der Waals surface area contributed by atoms with E-state index in [2.05, 4.69) is 213 Å². The predicted molar refractivity (Wildman–Crippen MR) is 244 cm³/mol. The van der Waals surface area contributed by atoms with Crippen molar-refractivity contribution in [1.82, 2.24) is 13.7 Å². The van der Waals surface area contributed by atoms with Crippen LogP contribution in [0.3, 0.4) is 0 Å². The molecule has 5 nitrogen and oxygen atoms in total. The molecule has 0 saturated carbocycles. The van der Waals surface area contributed by atoms with Crippen LogP contribution in [0.2, 0.25) is 0 Å². The lowest BCUT2D eigenvalue weighted by molar-refractivity contribution is 0.477. The lowest BCUT2D eigenvalue weighted by Crippen LogP contribution is -2.15. The maximum Gasteiger partial charge on any atom is 0.153 e. The molecule has 276 valence electrons. The highest BCUT2D eigenvalue weighted by Crippen LogP contribution is 2.51. The van der Waals surface area contributed by atoms with Crippen LogP contribution in [0.15, 0.2) is 206 Å². The minimum atomic E-state index is 0.814. The molecule has 1 aliphatic rings. The molecule has 5 heteroatoms. The van der Waals surface area contributed by atoms with Gasteiger partial charge in [-0.15, -0.1) is 0 Å². The van der Waals surface area contributed by atoms with Crippen molar-refractivity contribution < 1.29 is 4.74 Å². The quantitative estimate of drug-likeness (QED) is 0.179. The average molecular weight is 755 g/mol. The first-order valence-electron chi connectivity index (χ1n) is 20.1. The number of aromatic nitrogens is 3. The average Bonchev–Trinajstić information content (AvgIpc) is 3.94. The van der Waals surface area contributed by atoms with E-state index in [4.69, 9.17) is 4.74 Å². The summed E-state index contributed by atoms with van der Waals surface area (Å²) in [7, 11) is 0. The standard InChI is InChI=1S/C54H34N4O/c1-3-15-35(16-4-1)55-44-22-10-8-20-40(44)43-33-37(27-30-47(43)55)58-45-23-11-7-19-39(45)41-29-32-50-53(54(41)58)42-21-9-12-24-46(42)57(50)38-28-31-49-52(34-38)59-51-26-14-13-25-48(51)56(49)36-17-5-2-6-18-36/h1-34H. The van der Waals surface area contributed by atoms with Crippen LogP contribution in [-0.2, 0) is 0 Å². The molecule has 0 amide bonds. The molecule has 0 spiro atoms. The Bertz CT molecular complexity index is 3650. The van der Waals surface area contributed by atoms with E-state index in [1.54, 1.807) is 0 Å². The minimum absolute atomic E-state index is 0.814. The van der Waals surface area contributed by atoms with Gasteiger partial charge in [0, 0.05) is 55.4 Å². The number of anilines is 3. The van der Waals surface area contributed by atoms with Gasteiger partial charge in [-0.1, -0.05) is 109 Å². The maximum absolute atomic E-state index is 6.71. The fraction of sp³-hybridized carbons (Fsp3) is 0. The first-order valence-corrected chi connectivity index (χ1v) is 20.1. The van der Waals surface area contributed by atoms with Crippen LogP contribution >= 0.6 is 0 Å². The zero-order valence-corrected chi connectivity index (χ0v) is 31.8. The molecule has 0 N–H and O–H groups in total. The molecule has 0 atom stereocenters. The van der Waals surface area contributed by atoms with Gasteiger partial charge in [0.1, 0.15) is 0 Å². The van der Waals surface area contributed by atoms with Gasteiger partial charge in [-0.3, -0.25) is 0 Å². The summed E-state index contributed by atoms with van der Waals surface area (Å²) in [5.74, 6) is 1.65. The Labute approximate surface area is 339 Å². The minimum Gasteiger partial charge on any atom is -0.453 e. The van der Waals surface area contributed by atoms with E-state index in [9.17, 15) is 0 Å². The molecule has 3 aromatic heterocycles. The number of rotatable bonds is 4. The molecule has 13 rings (SSSR count). The van der Waals surface area contributed by atoms with E-state index in [-0.39, 0.29) is 0 Å². The molecule has 1 aliphatic heterocycles. The lowest BCUT2D eigenvalue weighted by atomic mass is 10.1. The van der Waals surface area contributed by atoms with Crippen LogP contribution in [-0.4, -0.2) is 13.7 Å². The Morgan fingerprint density at radius 3 is 1.59 bits per heavy atom. The SMILES string of the molecule is c1ccc(N2c3ccccc3Oc3cc(-n4c5ccccc5c5c4ccc4c6ccccc6n(-c6ccc7c(c6)c6ccccc6n7-c6ccccc6)c45)ccc32)cc1. The molecule has 0 radical (unpaired) electrons. The molecule has 0 saturated heterocycles. The Morgan fingerprint density at radius 1 is 0.288 bits per heavy atom. The van der Waals surface area contributed by atoms with Gasteiger partial charge in [-0.05, 0) is 91.0 Å². The van der Waals surface area contributed by atoms with Gasteiger partial charge < -0.3 is 23.3 Å². The first-order chi connectivity index (χ1) is 29.3. The first kappa shape index (κ1) is 32.1. The summed E-state index contributed by atoms with van der Waals surface area (Å²) in [5, 5.41) is 7.34. The number of para-hydroxylation sites is 7. The Kier molecular flexibility index (Phi) is 6.66. The van der Waals surface area contributed by atoms with Gasteiger partial charge in [0.05, 0.1) is 50.2 Å². The molecular formula is C54H34N4O. The molecular weight excluding hydrogens is 721 g/mol. The number of hydrogen-bond acceptors (Lipinski definition) is 2. The Morgan fingerprint density at radius 2 is 0.814 bits per heavy atom. The van der Waals surface area contributed by atoms with Gasteiger partial charge in [-0.2, -0.15) is 0 Å². The van der Waals surface area contributed by atoms with Crippen LogP contribution < -0.4 is 9.64 Å². The summed E-state index contributed by atoms with van der Waals surface area (Å²) in [6, 6.07) is 74.1. The zero-order valence-electron chi connectivity index (χ0n) is 31.8. The van der Waals surface area contributed by atoms with Crippen LogP contribution in [0.5, 0.6) is 11.5 Å². The zero-order chi connectivity index (χ0) is 38.6. The Hall–Kier alpha value is -8.02. The largest absolute Gasteiger partial charge is 0.453 e. The molecule has 0 aliphatic carbocycles. The van der Waals surface area contributed by atoms with Crippen LogP contribution in [0.4, 0.5) is 17.1 Å². The molecule has 0 bridgehead atoms. The number of fused-ring (bicyclic) bond motifs is 12. The lowest BCUT2D eigenvalue weighted by Gasteiger charge is -2.33. The van der Waals surface area contributed by atoms with Gasteiger partial charge in [0.2, 0.25) is 0 Å². The van der Waals surface area contributed by atoms with Crippen molar-refractivity contribution in [3.8, 4) is 28.6 Å². The van der Waals surface area contributed by atoms with E-state index < -0.39 is 0 Å². The summed E-state index contributed by atoms with van der Waals surface area (Å²) < 4.78 is 14.0. The second-order valence-electron chi connectivity index (χ2n) is 15.3. The van der Waals surface area contributed by atoms with Gasteiger partial charge >= 0.3 is 0 Å². The molecule has 4 heterocycles. The van der Waals surface area contributed by atoms with Crippen molar-refractivity contribution in [2.24, 2.45) is 0 Å². The van der Waals surface area contributed by atoms with E-state index in [0.29, 0.717) is 0 Å². The second kappa shape index (κ2) is 12.2. The van der Waals surface area contributed by atoms with Gasteiger partial charge in [0.15, 0.2) is 11.5 Å². The van der Waals surface area contributed by atoms with Crippen molar-refractivity contribution in [3.63, 3.8) is 0 Å². The van der Waals surface area contributed by atoms with E-state index >= 15 is 0 Å². The van der Waals surface area contributed by atoms with Crippen molar-refractivity contribution in [1.29, 1.82) is 0 Å². The van der Waals surface area contributed by atoms with Crippen molar-refractivity contribution in [2.75, 3.05) is 4.90 Å². The monoisotopic (exact) mass is 754 g/mol. The smallest absolute Gasteiger partial charge is 0.153 e. The topological polar surface area (TPSA) is 27.3 Å². The molecule has 59 heavy (non-hydrogen) atoms. The van der Waals surface area contributed by atoms with Gasteiger partial charge in [0.25, 0.3) is 0 Å². The maximum atomic E-state index is 6.71.